The topological polar surface area (TPSA) is 56.7 Å². The lowest BCUT2D eigenvalue weighted by atomic mass is 10.1. The maximum atomic E-state index is 6.06. The molecule has 3 rings (SSSR count). The van der Waals surface area contributed by atoms with Crippen LogP contribution in [0.25, 0.3) is 16.9 Å². The Morgan fingerprint density at radius 3 is 2.77 bits per heavy atom. The van der Waals surface area contributed by atoms with Gasteiger partial charge in [0.05, 0.1) is 17.1 Å². The first-order chi connectivity index (χ1) is 10.7. The van der Waals surface area contributed by atoms with E-state index in [0.717, 1.165) is 39.6 Å². The van der Waals surface area contributed by atoms with Crippen LogP contribution in [-0.2, 0) is 6.42 Å². The zero-order chi connectivity index (χ0) is 15.5. The van der Waals surface area contributed by atoms with E-state index in [9.17, 15) is 0 Å². The number of benzene rings is 1. The summed E-state index contributed by atoms with van der Waals surface area (Å²) in [5, 5.41) is 5.42. The molecule has 0 unspecified atom stereocenters. The third-order valence-corrected chi connectivity index (χ3v) is 3.74. The van der Waals surface area contributed by atoms with Crippen molar-refractivity contribution in [2.45, 2.75) is 13.3 Å². The monoisotopic (exact) mass is 312 g/mol. The zero-order valence-electron chi connectivity index (χ0n) is 12.3. The minimum absolute atomic E-state index is 0.573. The molecule has 0 aliphatic rings. The summed E-state index contributed by atoms with van der Waals surface area (Å²) < 4.78 is 1.94. The summed E-state index contributed by atoms with van der Waals surface area (Å²) in [5.74, 6) is 0. The van der Waals surface area contributed by atoms with Crippen LogP contribution in [0.3, 0.4) is 0 Å². The van der Waals surface area contributed by atoms with Crippen LogP contribution in [-0.4, -0.2) is 21.3 Å². The first kappa shape index (κ1) is 14.8. The van der Waals surface area contributed by atoms with E-state index >= 15 is 0 Å². The summed E-state index contributed by atoms with van der Waals surface area (Å²) in [4.78, 5) is 4.20. The van der Waals surface area contributed by atoms with Gasteiger partial charge in [-0.15, -0.1) is 0 Å². The molecule has 0 fully saturated rings. The number of halogens is 1. The molecule has 0 amide bonds. The molecule has 0 radical (unpaired) electrons. The van der Waals surface area contributed by atoms with Crippen molar-refractivity contribution in [3.8, 4) is 16.9 Å². The largest absolute Gasteiger partial charge is 0.330 e. The summed E-state index contributed by atoms with van der Waals surface area (Å²) in [6.07, 6.45) is 4.34. The van der Waals surface area contributed by atoms with Gasteiger partial charge in [-0.1, -0.05) is 11.6 Å². The fraction of sp³-hybridized carbons (Fsp3) is 0.176. The molecule has 0 bridgehead atoms. The molecule has 0 aliphatic heterocycles. The van der Waals surface area contributed by atoms with Crippen LogP contribution < -0.4 is 5.73 Å². The number of pyridine rings is 1. The highest BCUT2D eigenvalue weighted by atomic mass is 35.5. The van der Waals surface area contributed by atoms with E-state index < -0.39 is 0 Å². The lowest BCUT2D eigenvalue weighted by molar-refractivity contribution is 0.821. The Morgan fingerprint density at radius 1 is 1.23 bits per heavy atom. The second-order valence-corrected chi connectivity index (χ2v) is 5.58. The van der Waals surface area contributed by atoms with Gasteiger partial charge in [-0.2, -0.15) is 5.10 Å². The van der Waals surface area contributed by atoms with E-state index in [1.165, 1.54) is 0 Å². The molecular formula is C17H17ClN4. The second kappa shape index (κ2) is 6.30. The van der Waals surface area contributed by atoms with Crippen LogP contribution in [0.2, 0.25) is 5.02 Å². The summed E-state index contributed by atoms with van der Waals surface area (Å²) >= 11 is 6.06. The van der Waals surface area contributed by atoms with Crippen LogP contribution in [0.15, 0.2) is 48.8 Å². The second-order valence-electron chi connectivity index (χ2n) is 5.14. The predicted molar refractivity (Wildman–Crippen MR) is 89.3 cm³/mol. The molecule has 112 valence electrons. The number of hydrogen-bond acceptors (Lipinski definition) is 3. The number of nitrogens with zero attached hydrogens (tertiary/aromatic N) is 3. The van der Waals surface area contributed by atoms with Crippen molar-refractivity contribution < 1.29 is 0 Å². The Bertz CT molecular complexity index is 781. The Labute approximate surface area is 134 Å². The number of rotatable bonds is 4. The third-order valence-electron chi connectivity index (χ3n) is 3.50. The highest BCUT2D eigenvalue weighted by molar-refractivity contribution is 6.30. The van der Waals surface area contributed by atoms with Gasteiger partial charge in [0.25, 0.3) is 0 Å². The van der Waals surface area contributed by atoms with Gasteiger partial charge < -0.3 is 5.73 Å². The molecule has 2 heterocycles. The highest BCUT2D eigenvalue weighted by Crippen LogP contribution is 2.26. The van der Waals surface area contributed by atoms with Crippen LogP contribution in [0, 0.1) is 6.92 Å². The zero-order valence-corrected chi connectivity index (χ0v) is 13.1. The molecule has 22 heavy (non-hydrogen) atoms. The molecule has 0 atom stereocenters. The van der Waals surface area contributed by atoms with Crippen molar-refractivity contribution in [1.82, 2.24) is 14.8 Å². The van der Waals surface area contributed by atoms with Crippen LogP contribution in [0.1, 0.15) is 11.3 Å². The van der Waals surface area contributed by atoms with Crippen molar-refractivity contribution in [1.29, 1.82) is 0 Å². The van der Waals surface area contributed by atoms with E-state index in [4.69, 9.17) is 22.4 Å². The number of hydrogen-bond donors (Lipinski definition) is 1. The minimum atomic E-state index is 0.573. The molecular weight excluding hydrogens is 296 g/mol. The SMILES string of the molecule is Cc1cc(Cl)ccc1-n1nc(CCN)cc1-c1cccnc1. The minimum Gasteiger partial charge on any atom is -0.330 e. The van der Waals surface area contributed by atoms with Gasteiger partial charge in [0.1, 0.15) is 0 Å². The fourth-order valence-electron chi connectivity index (χ4n) is 2.46. The molecule has 0 spiro atoms. The molecule has 2 aromatic heterocycles. The Hall–Kier alpha value is -2.17. The predicted octanol–water partition coefficient (Wildman–Crippen LogP) is 3.40. The number of aryl methyl sites for hydroxylation is 1. The smallest absolute Gasteiger partial charge is 0.0759 e. The summed E-state index contributed by atoms with van der Waals surface area (Å²) in [6, 6.07) is 11.8. The Balaban J connectivity index is 2.17. The van der Waals surface area contributed by atoms with Crippen molar-refractivity contribution >= 4 is 11.6 Å². The average Bonchev–Trinajstić information content (AvgIpc) is 2.92. The van der Waals surface area contributed by atoms with Crippen LogP contribution >= 0.6 is 11.6 Å². The number of nitrogens with two attached hydrogens (primary N) is 1. The van der Waals surface area contributed by atoms with Gasteiger partial charge in [0, 0.05) is 29.4 Å². The van der Waals surface area contributed by atoms with Gasteiger partial charge in [0.15, 0.2) is 0 Å². The highest BCUT2D eigenvalue weighted by Gasteiger charge is 2.13. The molecule has 2 N–H and O–H groups in total. The van der Waals surface area contributed by atoms with Crippen LogP contribution in [0.4, 0.5) is 0 Å². The van der Waals surface area contributed by atoms with Crippen molar-refractivity contribution in [3.05, 3.63) is 65.1 Å². The van der Waals surface area contributed by atoms with E-state index in [1.54, 1.807) is 6.20 Å². The normalized spacial score (nSPS) is 10.9. The maximum Gasteiger partial charge on any atom is 0.0759 e. The van der Waals surface area contributed by atoms with Crippen LogP contribution in [0.5, 0.6) is 0 Å². The Kier molecular flexibility index (Phi) is 4.22. The lowest BCUT2D eigenvalue weighted by Gasteiger charge is -2.10. The van der Waals surface area contributed by atoms with Crippen molar-refractivity contribution in [2.75, 3.05) is 6.54 Å². The summed E-state index contributed by atoms with van der Waals surface area (Å²) in [7, 11) is 0. The standard InChI is InChI=1S/C17H17ClN4/c1-12-9-14(18)4-5-16(12)22-17(10-15(21-22)6-7-19)13-3-2-8-20-11-13/h2-5,8-11H,6-7,19H2,1H3. The van der Waals surface area contributed by atoms with E-state index in [2.05, 4.69) is 11.1 Å². The molecule has 0 aliphatic carbocycles. The van der Waals surface area contributed by atoms with Gasteiger partial charge >= 0.3 is 0 Å². The first-order valence-electron chi connectivity index (χ1n) is 7.15. The molecule has 1 aromatic carbocycles. The van der Waals surface area contributed by atoms with E-state index in [1.807, 2.05) is 48.1 Å². The Morgan fingerprint density at radius 2 is 2.09 bits per heavy atom. The molecule has 3 aromatic rings. The molecule has 4 nitrogen and oxygen atoms in total. The number of aromatic nitrogens is 3. The summed E-state index contributed by atoms with van der Waals surface area (Å²) in [5.41, 5.74) is 10.7. The summed E-state index contributed by atoms with van der Waals surface area (Å²) in [6.45, 7) is 2.60. The van der Waals surface area contributed by atoms with Gasteiger partial charge in [-0.3, -0.25) is 4.98 Å². The average molecular weight is 313 g/mol. The molecule has 0 saturated carbocycles. The van der Waals surface area contributed by atoms with Gasteiger partial charge in [-0.25, -0.2) is 4.68 Å². The lowest BCUT2D eigenvalue weighted by Crippen LogP contribution is -2.05. The molecule has 0 saturated heterocycles. The van der Waals surface area contributed by atoms with Crippen molar-refractivity contribution in [3.63, 3.8) is 0 Å². The molecule has 5 heteroatoms. The van der Waals surface area contributed by atoms with E-state index in [0.29, 0.717) is 6.54 Å². The van der Waals surface area contributed by atoms with Gasteiger partial charge in [0.2, 0.25) is 0 Å². The van der Waals surface area contributed by atoms with Gasteiger partial charge in [-0.05, 0) is 55.4 Å². The maximum absolute atomic E-state index is 6.06. The quantitative estimate of drug-likeness (QED) is 0.803. The fourth-order valence-corrected chi connectivity index (χ4v) is 2.69. The van der Waals surface area contributed by atoms with E-state index in [-0.39, 0.29) is 0 Å². The first-order valence-corrected chi connectivity index (χ1v) is 7.53. The van der Waals surface area contributed by atoms with Crippen molar-refractivity contribution in [2.24, 2.45) is 5.73 Å². The third kappa shape index (κ3) is 2.89.